The molecule has 0 radical (unpaired) electrons. The van der Waals surface area contributed by atoms with Crippen LogP contribution in [0.15, 0.2) is 48.5 Å². The van der Waals surface area contributed by atoms with Crippen LogP contribution in [-0.4, -0.2) is 5.97 Å². The summed E-state index contributed by atoms with van der Waals surface area (Å²) in [7, 11) is 0. The summed E-state index contributed by atoms with van der Waals surface area (Å²) in [6.45, 7) is 2.23. The first-order valence-corrected chi connectivity index (χ1v) is 9.73. The molecule has 138 valence electrons. The molecule has 2 aromatic rings. The molecule has 1 saturated carbocycles. The Morgan fingerprint density at radius 3 is 2.12 bits per heavy atom. The lowest BCUT2D eigenvalue weighted by Gasteiger charge is -2.27. The Morgan fingerprint density at radius 2 is 1.54 bits per heavy atom. The van der Waals surface area contributed by atoms with Gasteiger partial charge in [-0.15, -0.1) is 0 Å². The SMILES string of the molecule is CCCC[C@H]1CC[C@H](C(=O)Oc2ccc(-c3ccc(F)cc3)cc2)CC1. The number of carbonyl (C=O) groups excluding carboxylic acids is 1. The Bertz CT molecular complexity index is 698. The van der Waals surface area contributed by atoms with Gasteiger partial charge in [-0.2, -0.15) is 0 Å². The van der Waals surface area contributed by atoms with Crippen molar-refractivity contribution in [2.24, 2.45) is 11.8 Å². The van der Waals surface area contributed by atoms with Crippen LogP contribution in [0.4, 0.5) is 4.39 Å². The molecule has 1 fully saturated rings. The van der Waals surface area contributed by atoms with Crippen molar-refractivity contribution >= 4 is 5.97 Å². The van der Waals surface area contributed by atoms with E-state index in [9.17, 15) is 9.18 Å². The van der Waals surface area contributed by atoms with Crippen molar-refractivity contribution in [3.8, 4) is 16.9 Å². The van der Waals surface area contributed by atoms with Gasteiger partial charge in [-0.25, -0.2) is 4.39 Å². The van der Waals surface area contributed by atoms with Crippen LogP contribution in [0.1, 0.15) is 51.9 Å². The van der Waals surface area contributed by atoms with Crippen LogP contribution in [0.5, 0.6) is 5.75 Å². The van der Waals surface area contributed by atoms with Crippen LogP contribution in [0.2, 0.25) is 0 Å². The number of ether oxygens (including phenoxy) is 1. The fourth-order valence-electron chi connectivity index (χ4n) is 3.74. The van der Waals surface area contributed by atoms with Gasteiger partial charge in [-0.1, -0.05) is 50.5 Å². The quantitative estimate of drug-likeness (QED) is 0.443. The fraction of sp³-hybridized carbons (Fsp3) is 0.435. The maximum absolute atomic E-state index is 13.0. The van der Waals surface area contributed by atoms with Crippen LogP contribution in [0.25, 0.3) is 11.1 Å². The summed E-state index contributed by atoms with van der Waals surface area (Å²) in [6, 6.07) is 13.8. The first kappa shape index (κ1) is 18.6. The van der Waals surface area contributed by atoms with Gasteiger partial charge in [0.2, 0.25) is 0 Å². The minimum absolute atomic E-state index is 0.0321. The highest BCUT2D eigenvalue weighted by Gasteiger charge is 2.27. The van der Waals surface area contributed by atoms with Gasteiger partial charge in [-0.05, 0) is 67.0 Å². The second-order valence-corrected chi connectivity index (χ2v) is 7.31. The lowest BCUT2D eigenvalue weighted by molar-refractivity contribution is -0.140. The van der Waals surface area contributed by atoms with E-state index in [0.29, 0.717) is 5.75 Å². The molecule has 0 amide bonds. The predicted molar refractivity (Wildman–Crippen MR) is 102 cm³/mol. The number of esters is 1. The van der Waals surface area contributed by atoms with Crippen molar-refractivity contribution in [1.82, 2.24) is 0 Å². The van der Waals surface area contributed by atoms with Gasteiger partial charge in [0.15, 0.2) is 0 Å². The maximum atomic E-state index is 13.0. The lowest BCUT2D eigenvalue weighted by Crippen LogP contribution is -2.25. The van der Waals surface area contributed by atoms with Gasteiger partial charge in [0.1, 0.15) is 11.6 Å². The highest BCUT2D eigenvalue weighted by atomic mass is 19.1. The van der Waals surface area contributed by atoms with Crippen molar-refractivity contribution in [2.45, 2.75) is 51.9 Å². The standard InChI is InChI=1S/C23H27FO2/c1-2-3-4-17-5-7-20(8-6-17)23(25)26-22-15-11-19(12-16-22)18-9-13-21(24)14-10-18/h9-17,20H,2-8H2,1H3/t17-,20-. The normalized spacial score (nSPS) is 19.9. The minimum atomic E-state index is -0.247. The van der Waals surface area contributed by atoms with E-state index in [4.69, 9.17) is 4.74 Å². The number of carbonyl (C=O) groups is 1. The molecule has 0 atom stereocenters. The Balaban J connectivity index is 1.53. The molecule has 26 heavy (non-hydrogen) atoms. The zero-order chi connectivity index (χ0) is 18.4. The van der Waals surface area contributed by atoms with Crippen LogP contribution in [0.3, 0.4) is 0 Å². The molecular weight excluding hydrogens is 327 g/mol. The molecule has 0 aliphatic heterocycles. The fourth-order valence-corrected chi connectivity index (χ4v) is 3.74. The summed E-state index contributed by atoms with van der Waals surface area (Å²) in [5.74, 6) is 1.05. The summed E-state index contributed by atoms with van der Waals surface area (Å²) in [5.41, 5.74) is 1.91. The topological polar surface area (TPSA) is 26.3 Å². The van der Waals surface area contributed by atoms with Crippen molar-refractivity contribution in [3.63, 3.8) is 0 Å². The minimum Gasteiger partial charge on any atom is -0.426 e. The first-order valence-electron chi connectivity index (χ1n) is 9.73. The van der Waals surface area contributed by atoms with Crippen molar-refractivity contribution in [1.29, 1.82) is 0 Å². The molecule has 1 aliphatic carbocycles. The zero-order valence-corrected chi connectivity index (χ0v) is 15.4. The molecule has 0 saturated heterocycles. The van der Waals surface area contributed by atoms with E-state index < -0.39 is 0 Å². The second kappa shape index (κ2) is 8.98. The van der Waals surface area contributed by atoms with E-state index in [1.165, 1.54) is 31.4 Å². The average Bonchev–Trinajstić information content (AvgIpc) is 2.68. The number of hydrogen-bond acceptors (Lipinski definition) is 2. The van der Waals surface area contributed by atoms with Crippen LogP contribution in [0, 0.1) is 17.7 Å². The highest BCUT2D eigenvalue weighted by Crippen LogP contribution is 2.33. The number of rotatable bonds is 6. The van der Waals surface area contributed by atoms with E-state index >= 15 is 0 Å². The predicted octanol–water partition coefficient (Wildman–Crippen LogP) is 6.39. The summed E-state index contributed by atoms with van der Waals surface area (Å²) >= 11 is 0. The number of benzene rings is 2. The molecule has 0 aromatic heterocycles. The Hall–Kier alpha value is -2.16. The van der Waals surface area contributed by atoms with Crippen molar-refractivity contribution < 1.29 is 13.9 Å². The molecule has 2 nitrogen and oxygen atoms in total. The lowest BCUT2D eigenvalue weighted by atomic mass is 9.80. The number of unbranched alkanes of at least 4 members (excludes halogenated alkanes) is 1. The van der Waals surface area contributed by atoms with Crippen LogP contribution < -0.4 is 4.74 Å². The molecule has 0 N–H and O–H groups in total. The maximum Gasteiger partial charge on any atom is 0.314 e. The highest BCUT2D eigenvalue weighted by molar-refractivity contribution is 5.75. The van der Waals surface area contributed by atoms with Gasteiger partial charge in [-0.3, -0.25) is 4.79 Å². The Morgan fingerprint density at radius 1 is 0.962 bits per heavy atom. The van der Waals surface area contributed by atoms with Crippen LogP contribution in [-0.2, 0) is 4.79 Å². The molecule has 1 aliphatic rings. The number of halogens is 1. The first-order chi connectivity index (χ1) is 12.7. The summed E-state index contributed by atoms with van der Waals surface area (Å²) in [5, 5.41) is 0. The van der Waals surface area contributed by atoms with Gasteiger partial charge < -0.3 is 4.74 Å². The van der Waals surface area contributed by atoms with E-state index in [1.54, 1.807) is 12.1 Å². The third-order valence-corrected chi connectivity index (χ3v) is 5.40. The largest absolute Gasteiger partial charge is 0.426 e. The molecule has 0 spiro atoms. The Kier molecular flexibility index (Phi) is 6.43. The van der Waals surface area contributed by atoms with Crippen molar-refractivity contribution in [3.05, 3.63) is 54.3 Å². The third-order valence-electron chi connectivity index (χ3n) is 5.40. The van der Waals surface area contributed by atoms with Gasteiger partial charge in [0.05, 0.1) is 5.92 Å². The molecule has 0 heterocycles. The molecule has 2 aromatic carbocycles. The van der Waals surface area contributed by atoms with E-state index in [1.807, 2.05) is 24.3 Å². The summed E-state index contributed by atoms with van der Waals surface area (Å²) in [4.78, 5) is 12.4. The summed E-state index contributed by atoms with van der Waals surface area (Å²) in [6.07, 6.45) is 8.01. The monoisotopic (exact) mass is 354 g/mol. The second-order valence-electron chi connectivity index (χ2n) is 7.31. The van der Waals surface area contributed by atoms with Gasteiger partial charge >= 0.3 is 5.97 Å². The molecule has 3 heteroatoms. The van der Waals surface area contributed by atoms with Gasteiger partial charge in [0, 0.05) is 0 Å². The van der Waals surface area contributed by atoms with E-state index in [0.717, 1.165) is 42.7 Å². The zero-order valence-electron chi connectivity index (χ0n) is 15.4. The van der Waals surface area contributed by atoms with Crippen LogP contribution >= 0.6 is 0 Å². The van der Waals surface area contributed by atoms with Gasteiger partial charge in [0.25, 0.3) is 0 Å². The van der Waals surface area contributed by atoms with Crippen molar-refractivity contribution in [2.75, 3.05) is 0 Å². The Labute approximate surface area is 155 Å². The van der Waals surface area contributed by atoms with E-state index in [-0.39, 0.29) is 17.7 Å². The third kappa shape index (κ3) is 4.94. The molecule has 0 unspecified atom stereocenters. The summed E-state index contributed by atoms with van der Waals surface area (Å²) < 4.78 is 18.6. The molecule has 0 bridgehead atoms. The molecule has 3 rings (SSSR count). The smallest absolute Gasteiger partial charge is 0.314 e. The number of hydrogen-bond donors (Lipinski definition) is 0. The van der Waals surface area contributed by atoms with E-state index in [2.05, 4.69) is 6.92 Å². The average molecular weight is 354 g/mol. The molecular formula is C23H27FO2.